The summed E-state index contributed by atoms with van der Waals surface area (Å²) in [5, 5.41) is 0. The minimum Gasteiger partial charge on any atom is -0.293 e. The third-order valence-electron chi connectivity index (χ3n) is 0.677. The molecule has 0 saturated heterocycles. The Kier molecular flexibility index (Phi) is 4.36. The third kappa shape index (κ3) is 5.47. The summed E-state index contributed by atoms with van der Waals surface area (Å²) in [7, 11) is 0. The lowest BCUT2D eigenvalue weighted by molar-refractivity contribution is -0.280. The first-order valence-corrected chi connectivity index (χ1v) is 2.81. The maximum Gasteiger partial charge on any atom is 0.368 e. The lowest BCUT2D eigenvalue weighted by Crippen LogP contribution is -2.10. The number of hydrogen-bond donors (Lipinski definition) is 0. The molecule has 0 radical (unpaired) electrons. The van der Waals surface area contributed by atoms with E-state index in [2.05, 4.69) is 16.4 Å². The van der Waals surface area contributed by atoms with Gasteiger partial charge in [0.25, 0.3) is 6.43 Å². The van der Waals surface area contributed by atoms with Gasteiger partial charge in [-0.15, -0.1) is 0 Å². The van der Waals surface area contributed by atoms with Gasteiger partial charge < -0.3 is 0 Å². The Morgan fingerprint density at radius 2 is 2.18 bits per heavy atom. The van der Waals surface area contributed by atoms with Crippen LogP contribution in [-0.2, 0) is 14.6 Å². The molecule has 5 heteroatoms. The van der Waals surface area contributed by atoms with Gasteiger partial charge in [0, 0.05) is 5.57 Å². The molecule has 0 aromatic rings. The largest absolute Gasteiger partial charge is 0.368 e. The molecule has 0 unspecified atom stereocenters. The van der Waals surface area contributed by atoms with E-state index in [1.54, 1.807) is 0 Å². The second kappa shape index (κ2) is 4.79. The SMILES string of the molecule is C=C(C)C(=O)OOCC(F)F. The number of halogens is 2. The van der Waals surface area contributed by atoms with Crippen LogP contribution in [0.3, 0.4) is 0 Å². The van der Waals surface area contributed by atoms with Crippen molar-refractivity contribution in [1.82, 2.24) is 0 Å². The van der Waals surface area contributed by atoms with E-state index in [0.29, 0.717) is 0 Å². The van der Waals surface area contributed by atoms with Crippen LogP contribution in [0.1, 0.15) is 6.92 Å². The fraction of sp³-hybridized carbons (Fsp3) is 0.500. The van der Waals surface area contributed by atoms with E-state index in [0.717, 1.165) is 0 Å². The monoisotopic (exact) mass is 166 g/mol. The zero-order chi connectivity index (χ0) is 8.85. The van der Waals surface area contributed by atoms with E-state index in [9.17, 15) is 13.6 Å². The molecule has 0 aromatic carbocycles. The van der Waals surface area contributed by atoms with Crippen molar-refractivity contribution in [3.63, 3.8) is 0 Å². The molecule has 0 heterocycles. The molecule has 0 saturated carbocycles. The van der Waals surface area contributed by atoms with E-state index < -0.39 is 19.0 Å². The molecule has 3 nitrogen and oxygen atoms in total. The fourth-order valence-electron chi connectivity index (χ4n) is 0.210. The van der Waals surface area contributed by atoms with E-state index >= 15 is 0 Å². The molecule has 0 rings (SSSR count). The quantitative estimate of drug-likeness (QED) is 0.358. The van der Waals surface area contributed by atoms with Crippen LogP contribution in [0.15, 0.2) is 12.2 Å². The number of rotatable bonds is 4. The Bertz CT molecular complexity index is 156. The lowest BCUT2D eigenvalue weighted by Gasteiger charge is -2.01. The number of carbonyl (C=O) groups excluding carboxylic acids is 1. The normalized spacial score (nSPS) is 9.82. The zero-order valence-electron chi connectivity index (χ0n) is 5.97. The van der Waals surface area contributed by atoms with Gasteiger partial charge in [-0.2, -0.15) is 4.89 Å². The Labute approximate surface area is 62.5 Å². The molecule has 0 N–H and O–H groups in total. The van der Waals surface area contributed by atoms with Crippen molar-refractivity contribution in [3.05, 3.63) is 12.2 Å². The first-order chi connectivity index (χ1) is 5.04. The van der Waals surface area contributed by atoms with Crippen molar-refractivity contribution in [2.75, 3.05) is 6.61 Å². The van der Waals surface area contributed by atoms with Crippen molar-refractivity contribution in [2.24, 2.45) is 0 Å². The van der Waals surface area contributed by atoms with E-state index in [-0.39, 0.29) is 5.57 Å². The van der Waals surface area contributed by atoms with Gasteiger partial charge in [-0.1, -0.05) is 6.58 Å². The van der Waals surface area contributed by atoms with Crippen molar-refractivity contribution < 1.29 is 23.4 Å². The Morgan fingerprint density at radius 1 is 1.64 bits per heavy atom. The number of hydrogen-bond acceptors (Lipinski definition) is 3. The summed E-state index contributed by atoms with van der Waals surface area (Å²) in [4.78, 5) is 18.2. The van der Waals surface area contributed by atoms with Crippen LogP contribution in [-0.4, -0.2) is 19.0 Å². The molecular weight excluding hydrogens is 158 g/mol. The van der Waals surface area contributed by atoms with Gasteiger partial charge in [0.2, 0.25) is 0 Å². The third-order valence-corrected chi connectivity index (χ3v) is 0.677. The van der Waals surface area contributed by atoms with Gasteiger partial charge in [0.15, 0.2) is 6.61 Å². The van der Waals surface area contributed by atoms with Crippen LogP contribution < -0.4 is 0 Å². The fourth-order valence-corrected chi connectivity index (χ4v) is 0.210. The van der Waals surface area contributed by atoms with Gasteiger partial charge in [0.1, 0.15) is 0 Å². The molecule has 0 aliphatic rings. The topological polar surface area (TPSA) is 35.5 Å². The summed E-state index contributed by atoms with van der Waals surface area (Å²) in [6.07, 6.45) is -2.65. The Balaban J connectivity index is 3.40. The molecule has 0 amide bonds. The highest BCUT2D eigenvalue weighted by atomic mass is 19.3. The van der Waals surface area contributed by atoms with E-state index in [1.807, 2.05) is 0 Å². The number of carbonyl (C=O) groups is 1. The predicted molar refractivity (Wildman–Crippen MR) is 32.9 cm³/mol. The smallest absolute Gasteiger partial charge is 0.293 e. The van der Waals surface area contributed by atoms with Crippen molar-refractivity contribution >= 4 is 5.97 Å². The standard InChI is InChI=1S/C6H8F2O3/c1-4(2)6(9)11-10-3-5(7)8/h5H,1,3H2,2H3. The first-order valence-electron chi connectivity index (χ1n) is 2.81. The number of alkyl halides is 2. The van der Waals surface area contributed by atoms with Gasteiger partial charge >= 0.3 is 5.97 Å². The molecule has 0 aliphatic carbocycles. The Morgan fingerprint density at radius 3 is 2.55 bits per heavy atom. The Hall–Kier alpha value is -0.970. The van der Waals surface area contributed by atoms with Gasteiger partial charge in [0.05, 0.1) is 0 Å². The molecular formula is C6H8F2O3. The maximum absolute atomic E-state index is 11.3. The predicted octanol–water partition coefficient (Wildman–Crippen LogP) is 1.30. The summed E-state index contributed by atoms with van der Waals surface area (Å²) in [5.74, 6) is -0.842. The molecule has 0 atom stereocenters. The second-order valence-electron chi connectivity index (χ2n) is 1.83. The zero-order valence-corrected chi connectivity index (χ0v) is 5.97. The molecule has 0 aromatic heterocycles. The average Bonchev–Trinajstić information content (AvgIpc) is 1.86. The van der Waals surface area contributed by atoms with Crippen LogP contribution >= 0.6 is 0 Å². The highest BCUT2D eigenvalue weighted by Gasteiger charge is 2.07. The van der Waals surface area contributed by atoms with Gasteiger partial charge in [-0.05, 0) is 6.92 Å². The van der Waals surface area contributed by atoms with Gasteiger partial charge in [-0.3, -0.25) is 4.89 Å². The molecule has 0 aliphatic heterocycles. The highest BCUT2D eigenvalue weighted by molar-refractivity contribution is 5.86. The van der Waals surface area contributed by atoms with Crippen LogP contribution in [0.4, 0.5) is 8.78 Å². The summed E-state index contributed by atoms with van der Waals surface area (Å²) in [6, 6.07) is 0. The highest BCUT2D eigenvalue weighted by Crippen LogP contribution is 1.96. The van der Waals surface area contributed by atoms with Gasteiger partial charge in [-0.25, -0.2) is 13.6 Å². The van der Waals surface area contributed by atoms with Crippen molar-refractivity contribution in [2.45, 2.75) is 13.3 Å². The molecule has 64 valence electrons. The van der Waals surface area contributed by atoms with Crippen molar-refractivity contribution in [1.29, 1.82) is 0 Å². The molecule has 11 heavy (non-hydrogen) atoms. The molecule has 0 fully saturated rings. The summed E-state index contributed by atoms with van der Waals surface area (Å²) >= 11 is 0. The van der Waals surface area contributed by atoms with E-state index in [1.165, 1.54) is 6.92 Å². The van der Waals surface area contributed by atoms with E-state index in [4.69, 9.17) is 0 Å². The summed E-state index contributed by atoms with van der Waals surface area (Å²) in [6.45, 7) is 3.68. The van der Waals surface area contributed by atoms with Crippen LogP contribution in [0.25, 0.3) is 0 Å². The summed E-state index contributed by atoms with van der Waals surface area (Å²) < 4.78 is 22.7. The van der Waals surface area contributed by atoms with Crippen LogP contribution in [0, 0.1) is 0 Å². The molecule has 0 bridgehead atoms. The minimum atomic E-state index is -2.65. The van der Waals surface area contributed by atoms with Crippen LogP contribution in [0.5, 0.6) is 0 Å². The lowest BCUT2D eigenvalue weighted by atomic mass is 10.4. The maximum atomic E-state index is 11.3. The first kappa shape index (κ1) is 10.0. The average molecular weight is 166 g/mol. The summed E-state index contributed by atoms with van der Waals surface area (Å²) in [5.41, 5.74) is 0.0965. The second-order valence-corrected chi connectivity index (χ2v) is 1.83. The van der Waals surface area contributed by atoms with Crippen LogP contribution in [0.2, 0.25) is 0 Å². The molecule has 0 spiro atoms. The van der Waals surface area contributed by atoms with Crippen molar-refractivity contribution in [3.8, 4) is 0 Å². The minimum absolute atomic E-state index is 0.0965.